The SMILES string of the molecule is CC[C@@H]1C(c2ccc(O)cc2)=C(C)c2ccc(O)cc21. The predicted molar refractivity (Wildman–Crippen MR) is 81.7 cm³/mol. The predicted octanol–water partition coefficient (Wildman–Crippen LogP) is 4.54. The largest absolute Gasteiger partial charge is 0.508 e. The summed E-state index contributed by atoms with van der Waals surface area (Å²) >= 11 is 0. The number of phenols is 2. The summed E-state index contributed by atoms with van der Waals surface area (Å²) < 4.78 is 0. The van der Waals surface area contributed by atoms with Gasteiger partial charge >= 0.3 is 0 Å². The van der Waals surface area contributed by atoms with Gasteiger partial charge in [0.1, 0.15) is 11.5 Å². The van der Waals surface area contributed by atoms with Crippen LogP contribution in [0.25, 0.3) is 11.1 Å². The van der Waals surface area contributed by atoms with Gasteiger partial charge in [0.25, 0.3) is 0 Å². The maximum Gasteiger partial charge on any atom is 0.115 e. The van der Waals surface area contributed by atoms with E-state index >= 15 is 0 Å². The summed E-state index contributed by atoms with van der Waals surface area (Å²) in [6.45, 7) is 4.30. The van der Waals surface area contributed by atoms with Crippen LogP contribution in [0.5, 0.6) is 11.5 Å². The highest BCUT2D eigenvalue weighted by Crippen LogP contribution is 2.49. The zero-order valence-electron chi connectivity index (χ0n) is 11.7. The number of benzene rings is 2. The van der Waals surface area contributed by atoms with Crippen LogP contribution in [0.15, 0.2) is 42.5 Å². The van der Waals surface area contributed by atoms with E-state index in [0.29, 0.717) is 11.7 Å². The third kappa shape index (κ3) is 1.88. The van der Waals surface area contributed by atoms with Gasteiger partial charge < -0.3 is 10.2 Å². The number of fused-ring (bicyclic) bond motifs is 1. The van der Waals surface area contributed by atoms with Crippen LogP contribution in [-0.4, -0.2) is 10.2 Å². The third-order valence-electron chi connectivity index (χ3n) is 4.15. The Hall–Kier alpha value is -2.22. The summed E-state index contributed by atoms with van der Waals surface area (Å²) in [6.07, 6.45) is 0.990. The van der Waals surface area contributed by atoms with Gasteiger partial charge in [-0.3, -0.25) is 0 Å². The van der Waals surface area contributed by atoms with Crippen molar-refractivity contribution in [3.8, 4) is 11.5 Å². The molecule has 0 spiro atoms. The molecule has 3 rings (SSSR count). The molecule has 0 amide bonds. The highest BCUT2D eigenvalue weighted by molar-refractivity contribution is 5.98. The standard InChI is InChI=1S/C18H18O2/c1-3-15-17-10-14(20)8-9-16(17)11(2)18(15)12-4-6-13(19)7-5-12/h4-10,15,19-20H,3H2,1-2H3/t15-/m0/s1. The van der Waals surface area contributed by atoms with E-state index in [2.05, 4.69) is 13.8 Å². The second-order valence-corrected chi connectivity index (χ2v) is 5.32. The molecule has 2 nitrogen and oxygen atoms in total. The molecule has 2 heteroatoms. The topological polar surface area (TPSA) is 40.5 Å². The van der Waals surface area contributed by atoms with Crippen molar-refractivity contribution in [1.29, 1.82) is 0 Å². The highest BCUT2D eigenvalue weighted by Gasteiger charge is 2.29. The van der Waals surface area contributed by atoms with E-state index in [1.54, 1.807) is 18.2 Å². The maximum atomic E-state index is 9.74. The summed E-state index contributed by atoms with van der Waals surface area (Å²) in [6, 6.07) is 13.0. The zero-order valence-corrected chi connectivity index (χ0v) is 11.7. The Balaban J connectivity index is 2.16. The molecule has 0 saturated heterocycles. The van der Waals surface area contributed by atoms with Crippen molar-refractivity contribution >= 4 is 11.1 Å². The van der Waals surface area contributed by atoms with Gasteiger partial charge in [-0.1, -0.05) is 25.1 Å². The Kier molecular flexibility index (Phi) is 3.01. The molecule has 2 N–H and O–H groups in total. The van der Waals surface area contributed by atoms with E-state index < -0.39 is 0 Å². The van der Waals surface area contributed by atoms with E-state index in [0.717, 1.165) is 12.0 Å². The minimum absolute atomic E-state index is 0.285. The molecule has 0 radical (unpaired) electrons. The van der Waals surface area contributed by atoms with Gasteiger partial charge in [-0.05, 0) is 65.4 Å². The van der Waals surface area contributed by atoms with Crippen molar-refractivity contribution in [2.45, 2.75) is 26.2 Å². The Morgan fingerprint density at radius 2 is 1.60 bits per heavy atom. The number of allylic oxidation sites excluding steroid dienone is 2. The molecule has 0 aromatic heterocycles. The summed E-state index contributed by atoms with van der Waals surface area (Å²) in [4.78, 5) is 0. The molecule has 0 fully saturated rings. The minimum Gasteiger partial charge on any atom is -0.508 e. The fraction of sp³-hybridized carbons (Fsp3) is 0.222. The van der Waals surface area contributed by atoms with Crippen molar-refractivity contribution in [2.75, 3.05) is 0 Å². The summed E-state index contributed by atoms with van der Waals surface area (Å²) in [5, 5.41) is 19.2. The Labute approximate surface area is 119 Å². The third-order valence-corrected chi connectivity index (χ3v) is 4.15. The monoisotopic (exact) mass is 266 g/mol. The van der Waals surface area contributed by atoms with Gasteiger partial charge in [0.2, 0.25) is 0 Å². The van der Waals surface area contributed by atoms with Crippen LogP contribution in [0, 0.1) is 0 Å². The van der Waals surface area contributed by atoms with Crippen molar-refractivity contribution in [3.05, 3.63) is 59.2 Å². The number of rotatable bonds is 2. The number of aromatic hydroxyl groups is 2. The first-order valence-electron chi connectivity index (χ1n) is 6.95. The number of hydrogen-bond donors (Lipinski definition) is 2. The quantitative estimate of drug-likeness (QED) is 0.838. The molecular formula is C18H18O2. The smallest absolute Gasteiger partial charge is 0.115 e. The normalized spacial score (nSPS) is 17.4. The molecule has 0 heterocycles. The van der Waals surface area contributed by atoms with Gasteiger partial charge in [0.05, 0.1) is 0 Å². The average molecular weight is 266 g/mol. The molecule has 2 aromatic carbocycles. The van der Waals surface area contributed by atoms with Crippen LogP contribution in [-0.2, 0) is 0 Å². The van der Waals surface area contributed by atoms with E-state index in [-0.39, 0.29) is 5.75 Å². The van der Waals surface area contributed by atoms with Crippen LogP contribution < -0.4 is 0 Å². The van der Waals surface area contributed by atoms with Crippen LogP contribution >= 0.6 is 0 Å². The fourth-order valence-corrected chi connectivity index (χ4v) is 3.22. The molecule has 0 unspecified atom stereocenters. The van der Waals surface area contributed by atoms with Crippen molar-refractivity contribution in [1.82, 2.24) is 0 Å². The van der Waals surface area contributed by atoms with E-state index in [1.165, 1.54) is 22.3 Å². The number of phenolic OH excluding ortho intramolecular Hbond substituents is 2. The summed E-state index contributed by atoms with van der Waals surface area (Å²) in [5.41, 5.74) is 6.12. The molecule has 2 aromatic rings. The summed E-state index contributed by atoms with van der Waals surface area (Å²) in [7, 11) is 0. The first-order chi connectivity index (χ1) is 9.61. The van der Waals surface area contributed by atoms with E-state index in [9.17, 15) is 10.2 Å². The second-order valence-electron chi connectivity index (χ2n) is 5.32. The Morgan fingerprint density at radius 1 is 0.950 bits per heavy atom. The average Bonchev–Trinajstić information content (AvgIpc) is 2.72. The maximum absolute atomic E-state index is 9.74. The lowest BCUT2D eigenvalue weighted by atomic mass is 9.89. The van der Waals surface area contributed by atoms with Gasteiger partial charge in [0.15, 0.2) is 0 Å². The van der Waals surface area contributed by atoms with Gasteiger partial charge in [0, 0.05) is 5.92 Å². The van der Waals surface area contributed by atoms with Crippen LogP contribution in [0.2, 0.25) is 0 Å². The Bertz CT molecular complexity index is 681. The first-order valence-corrected chi connectivity index (χ1v) is 6.95. The number of hydrogen-bond acceptors (Lipinski definition) is 2. The van der Waals surface area contributed by atoms with Gasteiger partial charge in [-0.15, -0.1) is 0 Å². The van der Waals surface area contributed by atoms with E-state index in [1.807, 2.05) is 24.3 Å². The molecule has 102 valence electrons. The van der Waals surface area contributed by atoms with Crippen LogP contribution in [0.1, 0.15) is 42.9 Å². The molecule has 1 aliphatic rings. The molecule has 0 saturated carbocycles. The van der Waals surface area contributed by atoms with E-state index in [4.69, 9.17) is 0 Å². The van der Waals surface area contributed by atoms with Crippen molar-refractivity contribution < 1.29 is 10.2 Å². The Morgan fingerprint density at radius 3 is 2.25 bits per heavy atom. The first kappa shape index (κ1) is 12.8. The van der Waals surface area contributed by atoms with Crippen LogP contribution in [0.4, 0.5) is 0 Å². The lowest BCUT2D eigenvalue weighted by molar-refractivity contribution is 0.474. The highest BCUT2D eigenvalue weighted by atomic mass is 16.3. The molecular weight excluding hydrogens is 248 g/mol. The molecule has 0 aliphatic heterocycles. The zero-order chi connectivity index (χ0) is 14.3. The molecule has 0 bridgehead atoms. The molecule has 20 heavy (non-hydrogen) atoms. The minimum atomic E-state index is 0.285. The lowest BCUT2D eigenvalue weighted by Crippen LogP contribution is -1.97. The lowest BCUT2D eigenvalue weighted by Gasteiger charge is -2.15. The molecule has 1 atom stereocenters. The fourth-order valence-electron chi connectivity index (χ4n) is 3.22. The van der Waals surface area contributed by atoms with Crippen molar-refractivity contribution in [2.24, 2.45) is 0 Å². The van der Waals surface area contributed by atoms with Gasteiger partial charge in [-0.25, -0.2) is 0 Å². The molecule has 1 aliphatic carbocycles. The van der Waals surface area contributed by atoms with Crippen molar-refractivity contribution in [3.63, 3.8) is 0 Å². The summed E-state index contributed by atoms with van der Waals surface area (Å²) in [5.74, 6) is 0.914. The second kappa shape index (κ2) is 4.71. The van der Waals surface area contributed by atoms with Gasteiger partial charge in [-0.2, -0.15) is 0 Å². The van der Waals surface area contributed by atoms with Crippen LogP contribution in [0.3, 0.4) is 0 Å².